The Morgan fingerprint density at radius 2 is 2.07 bits per heavy atom. The molecule has 1 fully saturated rings. The molecule has 0 aliphatic heterocycles. The average molecular weight is 213 g/mol. The molecule has 1 aliphatic carbocycles. The fraction of sp³-hybridized carbons (Fsp3) is 1.00. The Bertz CT molecular complexity index is 172. The summed E-state index contributed by atoms with van der Waals surface area (Å²) < 4.78 is 0. The van der Waals surface area contributed by atoms with Crippen molar-refractivity contribution < 1.29 is 5.11 Å². The Labute approximate surface area is 94.5 Å². The molecular weight excluding hydrogens is 186 g/mol. The van der Waals surface area contributed by atoms with Crippen molar-refractivity contribution in [3.63, 3.8) is 0 Å². The van der Waals surface area contributed by atoms with Gasteiger partial charge < -0.3 is 10.4 Å². The lowest BCUT2D eigenvalue weighted by atomic mass is 9.80. The van der Waals surface area contributed by atoms with Crippen LogP contribution in [0.15, 0.2) is 0 Å². The topological polar surface area (TPSA) is 32.3 Å². The monoisotopic (exact) mass is 213 g/mol. The molecule has 4 atom stereocenters. The molecule has 1 aliphatic rings. The lowest BCUT2D eigenvalue weighted by molar-refractivity contribution is 0.207. The molecule has 15 heavy (non-hydrogen) atoms. The zero-order chi connectivity index (χ0) is 11.3. The van der Waals surface area contributed by atoms with Gasteiger partial charge in [-0.1, -0.05) is 20.3 Å². The largest absolute Gasteiger partial charge is 0.396 e. The molecule has 1 rings (SSSR count). The van der Waals surface area contributed by atoms with Crippen molar-refractivity contribution in [2.45, 2.75) is 65.0 Å². The summed E-state index contributed by atoms with van der Waals surface area (Å²) in [6.45, 7) is 7.28. The van der Waals surface area contributed by atoms with Gasteiger partial charge in [0.1, 0.15) is 0 Å². The first-order valence-corrected chi connectivity index (χ1v) is 6.50. The average Bonchev–Trinajstić information content (AvgIpc) is 2.20. The molecule has 0 saturated heterocycles. The van der Waals surface area contributed by atoms with Crippen LogP contribution in [-0.2, 0) is 0 Å². The molecule has 2 nitrogen and oxygen atoms in total. The van der Waals surface area contributed by atoms with Gasteiger partial charge in [-0.15, -0.1) is 0 Å². The molecular formula is C13H27NO. The second-order valence-electron chi connectivity index (χ2n) is 5.44. The molecule has 4 unspecified atom stereocenters. The van der Waals surface area contributed by atoms with Crippen molar-refractivity contribution in [2.75, 3.05) is 6.61 Å². The Kier molecular flexibility index (Phi) is 5.62. The second kappa shape index (κ2) is 6.49. The van der Waals surface area contributed by atoms with E-state index >= 15 is 0 Å². The summed E-state index contributed by atoms with van der Waals surface area (Å²) in [7, 11) is 0. The third kappa shape index (κ3) is 4.52. The first-order chi connectivity index (χ1) is 7.13. The van der Waals surface area contributed by atoms with Crippen LogP contribution in [0.1, 0.15) is 52.9 Å². The lowest BCUT2D eigenvalue weighted by Gasteiger charge is -2.35. The number of aliphatic hydroxyl groups excluding tert-OH is 1. The van der Waals surface area contributed by atoms with Gasteiger partial charge in [0, 0.05) is 18.7 Å². The van der Waals surface area contributed by atoms with Crippen molar-refractivity contribution in [3.8, 4) is 0 Å². The predicted molar refractivity (Wildman–Crippen MR) is 64.9 cm³/mol. The minimum atomic E-state index is 0.322. The highest BCUT2D eigenvalue weighted by atomic mass is 16.2. The number of aliphatic hydroxyl groups is 1. The van der Waals surface area contributed by atoms with Crippen LogP contribution in [0.2, 0.25) is 0 Å². The first kappa shape index (κ1) is 13.0. The van der Waals surface area contributed by atoms with E-state index in [1.807, 2.05) is 0 Å². The van der Waals surface area contributed by atoms with Gasteiger partial charge in [-0.2, -0.15) is 0 Å². The van der Waals surface area contributed by atoms with E-state index in [4.69, 9.17) is 5.11 Å². The van der Waals surface area contributed by atoms with Crippen molar-refractivity contribution in [1.82, 2.24) is 5.32 Å². The minimum absolute atomic E-state index is 0.322. The molecule has 90 valence electrons. The van der Waals surface area contributed by atoms with Crippen LogP contribution < -0.4 is 5.32 Å². The van der Waals surface area contributed by atoms with Gasteiger partial charge in [-0.05, 0) is 44.4 Å². The van der Waals surface area contributed by atoms with Crippen molar-refractivity contribution in [3.05, 3.63) is 0 Å². The SMILES string of the molecule is CC1CCC(C)C(NC(C)CCCO)C1. The predicted octanol–water partition coefficient (Wildman–Crippen LogP) is 2.56. The molecule has 0 spiro atoms. The summed E-state index contributed by atoms with van der Waals surface area (Å²) in [6, 6.07) is 1.25. The van der Waals surface area contributed by atoms with E-state index in [9.17, 15) is 0 Å². The smallest absolute Gasteiger partial charge is 0.0431 e. The molecule has 0 heterocycles. The van der Waals surface area contributed by atoms with E-state index in [2.05, 4.69) is 26.1 Å². The maximum absolute atomic E-state index is 8.79. The third-order valence-corrected chi connectivity index (χ3v) is 3.75. The van der Waals surface area contributed by atoms with Gasteiger partial charge >= 0.3 is 0 Å². The van der Waals surface area contributed by atoms with Gasteiger partial charge in [-0.3, -0.25) is 0 Å². The highest BCUT2D eigenvalue weighted by molar-refractivity contribution is 4.83. The molecule has 0 aromatic carbocycles. The third-order valence-electron chi connectivity index (χ3n) is 3.75. The molecule has 2 heteroatoms. The standard InChI is InChI=1S/C13H27NO/c1-10-6-7-11(2)13(9-10)14-12(3)5-4-8-15/h10-15H,4-9H2,1-3H3. The summed E-state index contributed by atoms with van der Waals surface area (Å²) in [5, 5.41) is 12.5. The fourth-order valence-electron chi connectivity index (χ4n) is 2.61. The van der Waals surface area contributed by atoms with Crippen LogP contribution in [0.25, 0.3) is 0 Å². The van der Waals surface area contributed by atoms with Crippen LogP contribution in [0, 0.1) is 11.8 Å². The lowest BCUT2D eigenvalue weighted by Crippen LogP contribution is -2.44. The maximum atomic E-state index is 8.79. The van der Waals surface area contributed by atoms with Crippen LogP contribution in [-0.4, -0.2) is 23.8 Å². The quantitative estimate of drug-likeness (QED) is 0.735. The van der Waals surface area contributed by atoms with Crippen LogP contribution >= 0.6 is 0 Å². The Morgan fingerprint density at radius 3 is 2.73 bits per heavy atom. The zero-order valence-electron chi connectivity index (χ0n) is 10.5. The van der Waals surface area contributed by atoms with Crippen molar-refractivity contribution in [2.24, 2.45) is 11.8 Å². The molecule has 0 aromatic rings. The maximum Gasteiger partial charge on any atom is 0.0431 e. The number of hydrogen-bond donors (Lipinski definition) is 2. The van der Waals surface area contributed by atoms with Gasteiger partial charge in [0.25, 0.3) is 0 Å². The molecule has 1 saturated carbocycles. The van der Waals surface area contributed by atoms with E-state index in [1.54, 1.807) is 0 Å². The highest BCUT2D eigenvalue weighted by Gasteiger charge is 2.25. The van der Waals surface area contributed by atoms with Crippen LogP contribution in [0.5, 0.6) is 0 Å². The molecule has 2 N–H and O–H groups in total. The molecule has 0 bridgehead atoms. The molecule has 0 amide bonds. The molecule has 0 aromatic heterocycles. The Morgan fingerprint density at radius 1 is 1.33 bits per heavy atom. The second-order valence-corrected chi connectivity index (χ2v) is 5.44. The first-order valence-electron chi connectivity index (χ1n) is 6.50. The summed E-state index contributed by atoms with van der Waals surface area (Å²) >= 11 is 0. The van der Waals surface area contributed by atoms with E-state index in [0.717, 1.165) is 24.7 Å². The van der Waals surface area contributed by atoms with Crippen molar-refractivity contribution >= 4 is 0 Å². The number of hydrogen-bond acceptors (Lipinski definition) is 2. The zero-order valence-corrected chi connectivity index (χ0v) is 10.5. The minimum Gasteiger partial charge on any atom is -0.396 e. The van der Waals surface area contributed by atoms with Crippen LogP contribution in [0.4, 0.5) is 0 Å². The molecule has 0 radical (unpaired) electrons. The normalized spacial score (nSPS) is 34.0. The van der Waals surface area contributed by atoms with E-state index < -0.39 is 0 Å². The van der Waals surface area contributed by atoms with Gasteiger partial charge in [0.2, 0.25) is 0 Å². The van der Waals surface area contributed by atoms with E-state index in [-0.39, 0.29) is 0 Å². The Balaban J connectivity index is 2.28. The van der Waals surface area contributed by atoms with E-state index in [1.165, 1.54) is 19.3 Å². The summed E-state index contributed by atoms with van der Waals surface area (Å²) in [5.41, 5.74) is 0. The van der Waals surface area contributed by atoms with Crippen LogP contribution in [0.3, 0.4) is 0 Å². The summed E-state index contributed by atoms with van der Waals surface area (Å²) in [6.07, 6.45) is 6.10. The Hall–Kier alpha value is -0.0800. The summed E-state index contributed by atoms with van der Waals surface area (Å²) in [5.74, 6) is 1.70. The van der Waals surface area contributed by atoms with Gasteiger partial charge in [-0.25, -0.2) is 0 Å². The number of rotatable bonds is 5. The fourth-order valence-corrected chi connectivity index (χ4v) is 2.61. The van der Waals surface area contributed by atoms with Gasteiger partial charge in [0.05, 0.1) is 0 Å². The number of nitrogens with one attached hydrogen (secondary N) is 1. The van der Waals surface area contributed by atoms with Gasteiger partial charge in [0.15, 0.2) is 0 Å². The highest BCUT2D eigenvalue weighted by Crippen LogP contribution is 2.28. The van der Waals surface area contributed by atoms with Crippen molar-refractivity contribution in [1.29, 1.82) is 0 Å². The summed E-state index contributed by atoms with van der Waals surface area (Å²) in [4.78, 5) is 0. The van der Waals surface area contributed by atoms with E-state index in [0.29, 0.717) is 18.7 Å².